The van der Waals surface area contributed by atoms with Crippen molar-refractivity contribution in [3.05, 3.63) is 90.1 Å². The SMILES string of the molecule is CCCS(=O)(=O)Nc1ccc(F)c(-n2cc(-c3cncnc3)c3nc(N(C)C4CCN(C(=O)CCOCCOCCOCCOCCOCCNc5cccc6c5C(=O)N(C5CCC(=O)NC5=O)C6=O)CC4)ccc32)c1F. The molecule has 2 fully saturated rings. The number of aromatic nitrogens is 4. The molecule has 0 aliphatic carbocycles. The van der Waals surface area contributed by atoms with Crippen molar-refractivity contribution in [2.24, 2.45) is 0 Å². The molecule has 2 saturated heterocycles. The Morgan fingerprint density at radius 3 is 2.13 bits per heavy atom. The third-order valence-corrected chi connectivity index (χ3v) is 14.7. The first-order valence-electron chi connectivity index (χ1n) is 25.5. The zero-order chi connectivity index (χ0) is 54.5. The van der Waals surface area contributed by atoms with Gasteiger partial charge in [0.1, 0.15) is 29.7 Å². The predicted molar refractivity (Wildman–Crippen MR) is 278 cm³/mol. The molecule has 2 aromatic carbocycles. The zero-order valence-electron chi connectivity index (χ0n) is 42.8. The maximum atomic E-state index is 16.1. The van der Waals surface area contributed by atoms with Crippen molar-refractivity contribution < 1.29 is 64.9 Å². The summed E-state index contributed by atoms with van der Waals surface area (Å²) >= 11 is 0. The lowest BCUT2D eigenvalue weighted by Gasteiger charge is -2.37. The van der Waals surface area contributed by atoms with Crippen LogP contribution in [0.25, 0.3) is 27.8 Å². The first kappa shape index (κ1) is 56.2. The van der Waals surface area contributed by atoms with E-state index >= 15 is 8.78 Å². The van der Waals surface area contributed by atoms with Gasteiger partial charge in [0, 0.05) is 74.5 Å². The summed E-state index contributed by atoms with van der Waals surface area (Å²) in [6.07, 6.45) is 8.09. The average Bonchev–Trinajstić information content (AvgIpc) is 4.07. The predicted octanol–water partition coefficient (Wildman–Crippen LogP) is 4.33. The summed E-state index contributed by atoms with van der Waals surface area (Å²) in [5.74, 6) is -3.85. The Bertz CT molecular complexity index is 3030. The number of sulfonamides is 1. The highest BCUT2D eigenvalue weighted by atomic mass is 32.2. The summed E-state index contributed by atoms with van der Waals surface area (Å²) in [7, 11) is -1.95. The minimum atomic E-state index is -3.87. The maximum absolute atomic E-state index is 16.1. The molecule has 3 aliphatic heterocycles. The highest BCUT2D eigenvalue weighted by Gasteiger charge is 2.45. The summed E-state index contributed by atoms with van der Waals surface area (Å²) in [6.45, 7) is 6.48. The molecule has 8 rings (SSSR count). The minimum Gasteiger partial charge on any atom is -0.382 e. The lowest BCUT2D eigenvalue weighted by atomic mass is 10.0. The Balaban J connectivity index is 0.675. The number of halogens is 2. The molecule has 3 aliphatic rings. The second kappa shape index (κ2) is 26.3. The number of ether oxygens (including phenoxy) is 5. The van der Waals surface area contributed by atoms with Gasteiger partial charge < -0.3 is 43.4 Å². The number of hydrogen-bond acceptors (Lipinski definition) is 17. The summed E-state index contributed by atoms with van der Waals surface area (Å²) in [5, 5.41) is 5.32. The first-order valence-corrected chi connectivity index (χ1v) is 27.2. The fraction of sp³-hybridized carbons (Fsp3) is 0.462. The zero-order valence-corrected chi connectivity index (χ0v) is 43.7. The summed E-state index contributed by atoms with van der Waals surface area (Å²) in [4.78, 5) is 81.3. The lowest BCUT2D eigenvalue weighted by Crippen LogP contribution is -2.54. The van der Waals surface area contributed by atoms with Crippen LogP contribution in [-0.4, -0.2) is 178 Å². The molecular formula is C52H62F2N10O12S. The molecule has 22 nitrogen and oxygen atoms in total. The van der Waals surface area contributed by atoms with Gasteiger partial charge in [0.15, 0.2) is 5.82 Å². The van der Waals surface area contributed by atoms with E-state index in [1.165, 1.54) is 23.2 Å². The van der Waals surface area contributed by atoms with E-state index in [1.54, 1.807) is 43.6 Å². The number of imide groups is 2. The van der Waals surface area contributed by atoms with Gasteiger partial charge in [-0.1, -0.05) is 13.0 Å². The molecule has 0 spiro atoms. The normalized spacial score (nSPS) is 16.1. The number of benzene rings is 2. The van der Waals surface area contributed by atoms with Crippen LogP contribution in [0.2, 0.25) is 0 Å². The molecule has 412 valence electrons. The van der Waals surface area contributed by atoms with Crippen LogP contribution in [0, 0.1) is 11.6 Å². The van der Waals surface area contributed by atoms with E-state index in [2.05, 4.69) is 25.3 Å². The largest absolute Gasteiger partial charge is 0.382 e. The van der Waals surface area contributed by atoms with Crippen molar-refractivity contribution in [1.29, 1.82) is 0 Å². The number of fused-ring (bicyclic) bond motifs is 2. The number of anilines is 3. The first-order chi connectivity index (χ1) is 37.3. The van der Waals surface area contributed by atoms with E-state index in [-0.39, 0.29) is 60.4 Å². The van der Waals surface area contributed by atoms with Crippen LogP contribution in [0.15, 0.2) is 67.4 Å². The molecule has 1 atom stereocenters. The monoisotopic (exact) mass is 1090 g/mol. The van der Waals surface area contributed by atoms with Crippen LogP contribution in [-0.2, 0) is 48.1 Å². The van der Waals surface area contributed by atoms with E-state index in [0.717, 1.165) is 17.0 Å². The van der Waals surface area contributed by atoms with Crippen LogP contribution in [0.5, 0.6) is 0 Å². The molecule has 0 saturated carbocycles. The number of amides is 5. The van der Waals surface area contributed by atoms with E-state index < -0.39 is 57.0 Å². The Labute approximate surface area is 443 Å². The number of nitrogens with one attached hydrogen (secondary N) is 3. The van der Waals surface area contributed by atoms with Gasteiger partial charge in [-0.15, -0.1) is 0 Å². The van der Waals surface area contributed by atoms with E-state index in [1.807, 2.05) is 16.8 Å². The molecular weight excluding hydrogens is 1030 g/mol. The summed E-state index contributed by atoms with van der Waals surface area (Å²) in [5.41, 5.74) is 1.86. The van der Waals surface area contributed by atoms with Gasteiger partial charge in [-0.05, 0) is 62.1 Å². The van der Waals surface area contributed by atoms with E-state index in [0.29, 0.717) is 132 Å². The van der Waals surface area contributed by atoms with Crippen molar-refractivity contribution in [2.75, 3.05) is 113 Å². The van der Waals surface area contributed by atoms with Gasteiger partial charge in [0.25, 0.3) is 11.8 Å². The summed E-state index contributed by atoms with van der Waals surface area (Å²) < 4.78 is 88.2. The molecule has 1 unspecified atom stereocenters. The third kappa shape index (κ3) is 13.8. The van der Waals surface area contributed by atoms with E-state index in [9.17, 15) is 32.4 Å². The second-order valence-corrected chi connectivity index (χ2v) is 20.2. The van der Waals surface area contributed by atoms with E-state index in [4.69, 9.17) is 28.7 Å². The topological polar surface area (TPSA) is 255 Å². The van der Waals surface area contributed by atoms with Crippen LogP contribution < -0.4 is 20.3 Å². The number of hydrogen-bond donors (Lipinski definition) is 3. The van der Waals surface area contributed by atoms with Gasteiger partial charge in [-0.2, -0.15) is 0 Å². The number of piperidine rings is 2. The number of nitrogens with zero attached hydrogens (tertiary/aromatic N) is 7. The highest BCUT2D eigenvalue weighted by Crippen LogP contribution is 2.37. The molecule has 77 heavy (non-hydrogen) atoms. The fourth-order valence-electron chi connectivity index (χ4n) is 9.36. The molecule has 5 aromatic rings. The van der Waals surface area contributed by atoms with Gasteiger partial charge in [-0.3, -0.25) is 38.9 Å². The van der Waals surface area contributed by atoms with Gasteiger partial charge in [0.2, 0.25) is 27.7 Å². The van der Waals surface area contributed by atoms with Crippen molar-refractivity contribution in [2.45, 2.75) is 57.5 Å². The molecule has 5 amide bonds. The average molecular weight is 1090 g/mol. The standard InChI is InChI=1S/C52H62F2N10O12S/c1-3-29-77(70,71)60-40-8-7-38(53)49(47(40)54)63-32-37(34-30-55-33-56-31-34)48-41(63)9-11-43(58-48)61(2)35-13-17-62(18-14-35)45(66)15-19-72-21-23-74-25-27-76-28-26-75-24-22-73-20-16-57-39-6-4-5-36-46(39)52(69)64(51(36)68)42-10-12-44(65)59-50(42)67/h4-9,11,30-33,35,42,57,60H,3,10,12-29H2,1-2H3,(H,59,65,67). The van der Waals surface area contributed by atoms with Crippen LogP contribution in [0.1, 0.15) is 66.2 Å². The van der Waals surface area contributed by atoms with Crippen LogP contribution in [0.4, 0.5) is 26.0 Å². The van der Waals surface area contributed by atoms with Crippen LogP contribution in [0.3, 0.4) is 0 Å². The number of carbonyl (C=O) groups is 5. The number of likely N-dealkylation sites (tertiary alicyclic amines) is 1. The third-order valence-electron chi connectivity index (χ3n) is 13.3. The summed E-state index contributed by atoms with van der Waals surface area (Å²) in [6, 6.07) is 9.43. The van der Waals surface area contributed by atoms with Crippen molar-refractivity contribution in [1.82, 2.24) is 34.6 Å². The van der Waals surface area contributed by atoms with Gasteiger partial charge in [-0.25, -0.2) is 32.2 Å². The number of carbonyl (C=O) groups excluding carboxylic acids is 5. The highest BCUT2D eigenvalue weighted by molar-refractivity contribution is 7.92. The van der Waals surface area contributed by atoms with Crippen LogP contribution >= 0.6 is 0 Å². The second-order valence-electron chi connectivity index (χ2n) is 18.4. The Kier molecular flexibility index (Phi) is 19.2. The van der Waals surface area contributed by atoms with Crippen molar-refractivity contribution >= 4 is 67.8 Å². The lowest BCUT2D eigenvalue weighted by molar-refractivity contribution is -0.136. The van der Waals surface area contributed by atoms with Gasteiger partial charge >= 0.3 is 0 Å². The molecule has 3 aromatic heterocycles. The Hall–Kier alpha value is -7.03. The maximum Gasteiger partial charge on any atom is 0.264 e. The molecule has 0 radical (unpaired) electrons. The molecule has 25 heteroatoms. The molecule has 0 bridgehead atoms. The van der Waals surface area contributed by atoms with Gasteiger partial charge in [0.05, 0.1) is 106 Å². The van der Waals surface area contributed by atoms with Crippen molar-refractivity contribution in [3.8, 4) is 16.8 Å². The quantitative estimate of drug-likeness (QED) is 0.0466. The minimum absolute atomic E-state index is 0.00413. The Morgan fingerprint density at radius 2 is 1.47 bits per heavy atom. The molecule has 6 heterocycles. The smallest absolute Gasteiger partial charge is 0.264 e. The number of pyridine rings is 1. The molecule has 3 N–H and O–H groups in total. The Morgan fingerprint density at radius 1 is 0.805 bits per heavy atom. The fourth-order valence-corrected chi connectivity index (χ4v) is 10.5. The van der Waals surface area contributed by atoms with Crippen molar-refractivity contribution in [3.63, 3.8) is 0 Å². The number of rotatable bonds is 28.